The zero-order chi connectivity index (χ0) is 14.8. The third kappa shape index (κ3) is 4.25. The van der Waals surface area contributed by atoms with E-state index in [2.05, 4.69) is 4.74 Å². The fraction of sp³-hybridized carbons (Fsp3) is 0.154. The molecule has 2 aromatic rings. The molecule has 20 heavy (non-hydrogen) atoms. The summed E-state index contributed by atoms with van der Waals surface area (Å²) in [6, 6.07) is 8.27. The zero-order valence-electron chi connectivity index (χ0n) is 9.91. The molecule has 0 saturated heterocycles. The summed E-state index contributed by atoms with van der Waals surface area (Å²) < 4.78 is 40.3. The van der Waals surface area contributed by atoms with Crippen LogP contribution in [0.5, 0.6) is 5.75 Å². The van der Waals surface area contributed by atoms with E-state index in [1.54, 1.807) is 12.1 Å². The van der Waals surface area contributed by atoms with Crippen molar-refractivity contribution < 1.29 is 22.7 Å². The van der Waals surface area contributed by atoms with Crippen molar-refractivity contribution >= 4 is 28.7 Å². The maximum Gasteiger partial charge on any atom is 0.573 e. The molecule has 2 rings (SSSR count). The first kappa shape index (κ1) is 14.9. The number of hydrogen-bond acceptors (Lipinski definition) is 3. The maximum atomic E-state index is 12.0. The SMILES string of the molecule is O=C(Cc1ccc(Cl)s1)c1ccc(OC(F)(F)F)cc1. The van der Waals surface area contributed by atoms with E-state index in [1.807, 2.05) is 0 Å². The van der Waals surface area contributed by atoms with Gasteiger partial charge >= 0.3 is 6.36 Å². The Morgan fingerprint density at radius 1 is 1.15 bits per heavy atom. The fourth-order valence-electron chi connectivity index (χ4n) is 1.55. The monoisotopic (exact) mass is 320 g/mol. The summed E-state index contributed by atoms with van der Waals surface area (Å²) in [6.07, 6.45) is -4.57. The lowest BCUT2D eigenvalue weighted by molar-refractivity contribution is -0.274. The molecule has 2 nitrogen and oxygen atoms in total. The minimum Gasteiger partial charge on any atom is -0.406 e. The first-order valence-electron chi connectivity index (χ1n) is 5.47. The number of carbonyl (C=O) groups excluding carboxylic acids is 1. The van der Waals surface area contributed by atoms with Crippen molar-refractivity contribution in [1.29, 1.82) is 0 Å². The second-order valence-corrected chi connectivity index (χ2v) is 5.68. The van der Waals surface area contributed by atoms with Gasteiger partial charge < -0.3 is 4.74 Å². The number of ketones is 1. The van der Waals surface area contributed by atoms with Crippen LogP contribution < -0.4 is 4.74 Å². The normalized spacial score (nSPS) is 11.4. The average Bonchev–Trinajstić information content (AvgIpc) is 2.73. The van der Waals surface area contributed by atoms with Crippen LogP contribution in [0.25, 0.3) is 0 Å². The molecule has 7 heteroatoms. The van der Waals surface area contributed by atoms with E-state index < -0.39 is 6.36 Å². The minimum absolute atomic E-state index is 0.164. The van der Waals surface area contributed by atoms with E-state index >= 15 is 0 Å². The molecule has 1 aromatic carbocycles. The first-order chi connectivity index (χ1) is 9.33. The molecule has 0 amide bonds. The molecule has 0 spiro atoms. The number of rotatable bonds is 4. The van der Waals surface area contributed by atoms with Gasteiger partial charge in [0, 0.05) is 16.9 Å². The number of thiophene rings is 1. The van der Waals surface area contributed by atoms with Crippen molar-refractivity contribution in [2.45, 2.75) is 12.8 Å². The summed E-state index contributed by atoms with van der Waals surface area (Å²) in [5.74, 6) is -0.546. The standard InChI is InChI=1S/C13H8ClF3O2S/c14-12-6-5-10(20-12)7-11(18)8-1-3-9(4-2-8)19-13(15,16)17/h1-6H,7H2. The lowest BCUT2D eigenvalue weighted by Crippen LogP contribution is -2.17. The van der Waals surface area contributed by atoms with E-state index in [0.717, 1.165) is 17.0 Å². The molecule has 0 N–H and O–H groups in total. The Bertz CT molecular complexity index is 605. The summed E-state index contributed by atoms with van der Waals surface area (Å²) in [5.41, 5.74) is 0.323. The van der Waals surface area contributed by atoms with Crippen LogP contribution in [0.3, 0.4) is 0 Å². The molecule has 0 aliphatic rings. The highest BCUT2D eigenvalue weighted by atomic mass is 35.5. The van der Waals surface area contributed by atoms with E-state index in [9.17, 15) is 18.0 Å². The van der Waals surface area contributed by atoms with E-state index in [-0.39, 0.29) is 18.0 Å². The van der Waals surface area contributed by atoms with Gasteiger partial charge in [-0.15, -0.1) is 24.5 Å². The number of carbonyl (C=O) groups is 1. The molecule has 0 unspecified atom stereocenters. The molecule has 0 bridgehead atoms. The average molecular weight is 321 g/mol. The van der Waals surface area contributed by atoms with Crippen molar-refractivity contribution in [1.82, 2.24) is 0 Å². The van der Waals surface area contributed by atoms with E-state index in [4.69, 9.17) is 11.6 Å². The Hall–Kier alpha value is -1.53. The quantitative estimate of drug-likeness (QED) is 0.762. The topological polar surface area (TPSA) is 26.3 Å². The molecule has 106 valence electrons. The van der Waals surface area contributed by atoms with Crippen molar-refractivity contribution in [2.75, 3.05) is 0 Å². The number of halogens is 4. The van der Waals surface area contributed by atoms with Gasteiger partial charge in [-0.05, 0) is 36.4 Å². The third-order valence-electron chi connectivity index (χ3n) is 2.37. The maximum absolute atomic E-state index is 12.0. The molecule has 0 atom stereocenters. The smallest absolute Gasteiger partial charge is 0.406 e. The predicted molar refractivity (Wildman–Crippen MR) is 70.5 cm³/mol. The highest BCUT2D eigenvalue weighted by Crippen LogP contribution is 2.25. The van der Waals surface area contributed by atoms with Crippen LogP contribution in [0, 0.1) is 0 Å². The molecule has 0 aliphatic heterocycles. The van der Waals surface area contributed by atoms with Crippen molar-refractivity contribution in [2.24, 2.45) is 0 Å². The Labute approximate surface area is 121 Å². The van der Waals surface area contributed by atoms with Crippen molar-refractivity contribution in [3.05, 3.63) is 51.2 Å². The third-order valence-corrected chi connectivity index (χ3v) is 3.60. The molecule has 0 fully saturated rings. The molecule has 0 aliphatic carbocycles. The summed E-state index contributed by atoms with van der Waals surface area (Å²) in [7, 11) is 0. The molecule has 0 saturated carbocycles. The van der Waals surface area contributed by atoms with Crippen LogP contribution in [0.4, 0.5) is 13.2 Å². The zero-order valence-corrected chi connectivity index (χ0v) is 11.5. The summed E-state index contributed by atoms with van der Waals surface area (Å²) >= 11 is 7.05. The van der Waals surface area contributed by atoms with E-state index in [1.165, 1.54) is 23.5 Å². The highest BCUT2D eigenvalue weighted by molar-refractivity contribution is 7.16. The van der Waals surface area contributed by atoms with Gasteiger partial charge in [0.1, 0.15) is 5.75 Å². The predicted octanol–water partition coefficient (Wildman–Crippen LogP) is 4.73. The molecule has 0 radical (unpaired) electrons. The first-order valence-corrected chi connectivity index (χ1v) is 6.66. The van der Waals surface area contributed by atoms with Crippen LogP contribution in [-0.2, 0) is 6.42 Å². The fourth-order valence-corrected chi connectivity index (χ4v) is 2.64. The summed E-state index contributed by atoms with van der Waals surface area (Å²) in [4.78, 5) is 12.7. The number of hydrogen-bond donors (Lipinski definition) is 0. The lowest BCUT2D eigenvalue weighted by atomic mass is 10.1. The van der Waals surface area contributed by atoms with Crippen molar-refractivity contribution in [3.63, 3.8) is 0 Å². The van der Waals surface area contributed by atoms with Gasteiger partial charge in [-0.3, -0.25) is 4.79 Å². The van der Waals surface area contributed by atoms with Gasteiger partial charge in [0.15, 0.2) is 5.78 Å². The van der Waals surface area contributed by atoms with Gasteiger partial charge in [-0.1, -0.05) is 11.6 Å². The number of alkyl halides is 3. The summed E-state index contributed by atoms with van der Waals surface area (Å²) in [5, 5.41) is 0. The van der Waals surface area contributed by atoms with Crippen molar-refractivity contribution in [3.8, 4) is 5.75 Å². The van der Waals surface area contributed by atoms with Crippen LogP contribution in [-0.4, -0.2) is 12.1 Å². The van der Waals surface area contributed by atoms with Crippen LogP contribution in [0.1, 0.15) is 15.2 Å². The van der Waals surface area contributed by atoms with Gasteiger partial charge in [-0.2, -0.15) is 0 Å². The van der Waals surface area contributed by atoms with Gasteiger partial charge in [-0.25, -0.2) is 0 Å². The van der Waals surface area contributed by atoms with Crippen LogP contribution >= 0.6 is 22.9 Å². The Balaban J connectivity index is 2.04. The molecule has 1 aromatic heterocycles. The van der Waals surface area contributed by atoms with E-state index in [0.29, 0.717) is 9.90 Å². The Morgan fingerprint density at radius 3 is 2.30 bits per heavy atom. The van der Waals surface area contributed by atoms with Crippen LogP contribution in [0.2, 0.25) is 4.34 Å². The largest absolute Gasteiger partial charge is 0.573 e. The summed E-state index contributed by atoms with van der Waals surface area (Å²) in [6.45, 7) is 0. The van der Waals surface area contributed by atoms with Gasteiger partial charge in [0.05, 0.1) is 4.34 Å². The number of benzene rings is 1. The Morgan fingerprint density at radius 2 is 1.80 bits per heavy atom. The molecular weight excluding hydrogens is 313 g/mol. The minimum atomic E-state index is -4.74. The molecule has 1 heterocycles. The second-order valence-electron chi connectivity index (χ2n) is 3.88. The van der Waals surface area contributed by atoms with Crippen LogP contribution in [0.15, 0.2) is 36.4 Å². The number of ether oxygens (including phenoxy) is 1. The highest BCUT2D eigenvalue weighted by Gasteiger charge is 2.31. The molecular formula is C13H8ClF3O2S. The Kier molecular flexibility index (Phi) is 4.35. The van der Waals surface area contributed by atoms with Gasteiger partial charge in [0.2, 0.25) is 0 Å². The lowest BCUT2D eigenvalue weighted by Gasteiger charge is -2.08. The second kappa shape index (κ2) is 5.85. The van der Waals surface area contributed by atoms with Gasteiger partial charge in [0.25, 0.3) is 0 Å². The number of Topliss-reactive ketones (excluding diaryl/α,β-unsaturated/α-hetero) is 1.